The Bertz CT molecular complexity index is 875. The SMILES string of the molecule is CC(C)[C@@H](C)C=C[C@@H](C)[C@H]1CC(=O)[C@@H]2C3=C(CC[C@@]21C)[C@@]1(C)CC[C@H](O)CC1=CC3=O. The number of aliphatic hydroxyl groups is 1. The van der Waals surface area contributed by atoms with Gasteiger partial charge in [-0.05, 0) is 67.3 Å². The molecule has 31 heavy (non-hydrogen) atoms. The van der Waals surface area contributed by atoms with Crippen molar-refractivity contribution >= 4 is 11.6 Å². The fourth-order valence-corrected chi connectivity index (χ4v) is 7.03. The van der Waals surface area contributed by atoms with E-state index in [1.165, 1.54) is 5.57 Å². The summed E-state index contributed by atoms with van der Waals surface area (Å²) in [5, 5.41) is 10.2. The number of hydrogen-bond acceptors (Lipinski definition) is 3. The Morgan fingerprint density at radius 2 is 1.77 bits per heavy atom. The first kappa shape index (κ1) is 22.7. The highest BCUT2D eigenvalue weighted by molar-refractivity contribution is 6.11. The fraction of sp³-hybridized carbons (Fsp3) is 0.714. The second-order valence-corrected chi connectivity index (χ2v) is 11.7. The number of fused-ring (bicyclic) bond motifs is 4. The van der Waals surface area contributed by atoms with Crippen molar-refractivity contribution < 1.29 is 14.7 Å². The van der Waals surface area contributed by atoms with Crippen molar-refractivity contribution in [2.75, 3.05) is 0 Å². The highest BCUT2D eigenvalue weighted by atomic mass is 16.3. The second kappa shape index (κ2) is 7.83. The summed E-state index contributed by atoms with van der Waals surface area (Å²) in [4.78, 5) is 26.8. The fourth-order valence-electron chi connectivity index (χ4n) is 7.03. The van der Waals surface area contributed by atoms with Crippen molar-refractivity contribution in [1.82, 2.24) is 0 Å². The Labute approximate surface area is 188 Å². The number of rotatable bonds is 4. The zero-order valence-electron chi connectivity index (χ0n) is 20.2. The van der Waals surface area contributed by atoms with Crippen molar-refractivity contribution in [1.29, 1.82) is 0 Å². The summed E-state index contributed by atoms with van der Waals surface area (Å²) in [7, 11) is 0. The average molecular weight is 425 g/mol. The number of Topliss-reactive ketones (excluding diaryl/α,β-unsaturated/α-hetero) is 1. The molecule has 2 saturated carbocycles. The number of carbonyl (C=O) groups is 2. The molecule has 0 spiro atoms. The molecule has 1 N–H and O–H groups in total. The summed E-state index contributed by atoms with van der Waals surface area (Å²) < 4.78 is 0. The van der Waals surface area contributed by atoms with Crippen LogP contribution < -0.4 is 0 Å². The Kier molecular flexibility index (Phi) is 5.74. The van der Waals surface area contributed by atoms with Gasteiger partial charge in [0.2, 0.25) is 0 Å². The molecule has 0 aliphatic heterocycles. The monoisotopic (exact) mass is 424 g/mol. The topological polar surface area (TPSA) is 54.4 Å². The van der Waals surface area contributed by atoms with Gasteiger partial charge in [-0.2, -0.15) is 0 Å². The molecular formula is C28H40O3. The number of ketones is 2. The molecule has 0 aromatic carbocycles. The predicted molar refractivity (Wildman–Crippen MR) is 124 cm³/mol. The van der Waals surface area contributed by atoms with Crippen LogP contribution in [0.3, 0.4) is 0 Å². The van der Waals surface area contributed by atoms with Gasteiger partial charge >= 0.3 is 0 Å². The minimum absolute atomic E-state index is 0.0399. The van der Waals surface area contributed by atoms with Gasteiger partial charge in [0.1, 0.15) is 5.78 Å². The van der Waals surface area contributed by atoms with E-state index < -0.39 is 0 Å². The van der Waals surface area contributed by atoms with Crippen LogP contribution in [-0.4, -0.2) is 22.8 Å². The van der Waals surface area contributed by atoms with Gasteiger partial charge in [-0.25, -0.2) is 0 Å². The van der Waals surface area contributed by atoms with Gasteiger partial charge in [0, 0.05) is 17.4 Å². The number of carbonyl (C=O) groups excluding carboxylic acids is 2. The third-order valence-electron chi connectivity index (χ3n) is 9.56. The summed E-state index contributed by atoms with van der Waals surface area (Å²) in [5.41, 5.74) is 2.83. The van der Waals surface area contributed by atoms with E-state index in [-0.39, 0.29) is 40.3 Å². The van der Waals surface area contributed by atoms with E-state index in [1.54, 1.807) is 6.08 Å². The lowest BCUT2D eigenvalue weighted by Gasteiger charge is -2.50. The molecule has 2 fully saturated rings. The van der Waals surface area contributed by atoms with E-state index in [0.717, 1.165) is 36.8 Å². The van der Waals surface area contributed by atoms with E-state index >= 15 is 0 Å². The van der Waals surface area contributed by atoms with Crippen molar-refractivity contribution in [3.05, 3.63) is 34.9 Å². The van der Waals surface area contributed by atoms with E-state index in [4.69, 9.17) is 0 Å². The standard InChI is InChI=1S/C28H40O3/c1-16(2)17(3)7-8-18(4)22-15-24(31)26-25-21(10-12-28(22,26)6)27(5)11-9-20(29)13-19(27)14-23(25)30/h7-8,14,16-18,20,22,26,29H,9-13,15H2,1-6H3/t17-,18+,20-,22+,26+,27-,28+/m0/s1. The van der Waals surface area contributed by atoms with Crippen LogP contribution in [0.4, 0.5) is 0 Å². The van der Waals surface area contributed by atoms with Gasteiger partial charge < -0.3 is 5.11 Å². The molecule has 3 heteroatoms. The summed E-state index contributed by atoms with van der Waals surface area (Å²) in [5.74, 6) is 1.79. The van der Waals surface area contributed by atoms with Crippen LogP contribution in [0.15, 0.2) is 34.9 Å². The lowest BCUT2D eigenvalue weighted by atomic mass is 9.53. The molecule has 7 atom stereocenters. The highest BCUT2D eigenvalue weighted by Crippen LogP contribution is 2.63. The molecule has 3 nitrogen and oxygen atoms in total. The van der Waals surface area contributed by atoms with Gasteiger partial charge in [-0.3, -0.25) is 9.59 Å². The Balaban J connectivity index is 1.68. The molecule has 4 aliphatic carbocycles. The summed E-state index contributed by atoms with van der Waals surface area (Å²) in [6.07, 6.45) is 10.8. The second-order valence-electron chi connectivity index (χ2n) is 11.7. The summed E-state index contributed by atoms with van der Waals surface area (Å²) in [6.45, 7) is 13.5. The van der Waals surface area contributed by atoms with E-state index in [9.17, 15) is 14.7 Å². The largest absolute Gasteiger partial charge is 0.393 e. The first-order valence-corrected chi connectivity index (χ1v) is 12.4. The molecule has 170 valence electrons. The van der Waals surface area contributed by atoms with Crippen molar-refractivity contribution in [2.45, 2.75) is 86.2 Å². The lowest BCUT2D eigenvalue weighted by molar-refractivity contribution is -0.123. The average Bonchev–Trinajstić information content (AvgIpc) is 2.98. The predicted octanol–water partition coefficient (Wildman–Crippen LogP) is 5.83. The van der Waals surface area contributed by atoms with Crippen LogP contribution in [0.5, 0.6) is 0 Å². The Morgan fingerprint density at radius 3 is 2.45 bits per heavy atom. The van der Waals surface area contributed by atoms with Gasteiger partial charge in [-0.15, -0.1) is 0 Å². The molecule has 0 bridgehead atoms. The maximum Gasteiger partial charge on any atom is 0.182 e. The maximum absolute atomic E-state index is 13.4. The van der Waals surface area contributed by atoms with E-state index in [0.29, 0.717) is 30.6 Å². The summed E-state index contributed by atoms with van der Waals surface area (Å²) in [6, 6.07) is 0. The quantitative estimate of drug-likeness (QED) is 0.577. The van der Waals surface area contributed by atoms with Crippen LogP contribution in [0.25, 0.3) is 0 Å². The minimum atomic E-state index is -0.346. The molecule has 0 aromatic heterocycles. The first-order valence-electron chi connectivity index (χ1n) is 12.4. The molecule has 0 aromatic rings. The molecule has 4 rings (SSSR count). The van der Waals surface area contributed by atoms with Gasteiger partial charge in [-0.1, -0.05) is 64.8 Å². The molecule has 0 heterocycles. The molecule has 0 amide bonds. The zero-order chi connectivity index (χ0) is 22.7. The van der Waals surface area contributed by atoms with Crippen molar-refractivity contribution in [3.8, 4) is 0 Å². The number of hydrogen-bond donors (Lipinski definition) is 1. The third-order valence-corrected chi connectivity index (χ3v) is 9.56. The van der Waals surface area contributed by atoms with Crippen molar-refractivity contribution in [3.63, 3.8) is 0 Å². The van der Waals surface area contributed by atoms with Gasteiger partial charge in [0.25, 0.3) is 0 Å². The molecular weight excluding hydrogens is 384 g/mol. The summed E-state index contributed by atoms with van der Waals surface area (Å²) >= 11 is 0. The smallest absolute Gasteiger partial charge is 0.182 e. The first-order chi connectivity index (χ1) is 14.5. The Morgan fingerprint density at radius 1 is 1.06 bits per heavy atom. The Hall–Kier alpha value is -1.48. The van der Waals surface area contributed by atoms with Gasteiger partial charge in [0.05, 0.1) is 12.0 Å². The molecule has 0 radical (unpaired) electrons. The number of aliphatic hydroxyl groups excluding tert-OH is 1. The number of allylic oxidation sites excluding steroid dienone is 5. The van der Waals surface area contributed by atoms with Crippen LogP contribution in [0.1, 0.15) is 80.1 Å². The zero-order valence-corrected chi connectivity index (χ0v) is 20.2. The maximum atomic E-state index is 13.4. The van der Waals surface area contributed by atoms with Crippen LogP contribution >= 0.6 is 0 Å². The van der Waals surface area contributed by atoms with Crippen LogP contribution in [-0.2, 0) is 9.59 Å². The third kappa shape index (κ3) is 3.52. The highest BCUT2D eigenvalue weighted by Gasteiger charge is 2.59. The van der Waals surface area contributed by atoms with Crippen LogP contribution in [0, 0.1) is 40.4 Å². The van der Waals surface area contributed by atoms with Crippen LogP contribution in [0.2, 0.25) is 0 Å². The molecule has 0 saturated heterocycles. The van der Waals surface area contributed by atoms with E-state index in [1.807, 2.05) is 0 Å². The van der Waals surface area contributed by atoms with E-state index in [2.05, 4.69) is 53.7 Å². The molecule has 0 unspecified atom stereocenters. The lowest BCUT2D eigenvalue weighted by Crippen LogP contribution is -2.45. The van der Waals surface area contributed by atoms with Crippen molar-refractivity contribution in [2.24, 2.45) is 40.4 Å². The minimum Gasteiger partial charge on any atom is -0.393 e. The normalized spacial score (nSPS) is 40.0. The van der Waals surface area contributed by atoms with Gasteiger partial charge in [0.15, 0.2) is 5.78 Å². The molecule has 4 aliphatic rings.